The number of hydrogen-bond donors (Lipinski definition) is 1. The van der Waals surface area contributed by atoms with Crippen molar-refractivity contribution in [2.75, 3.05) is 12.4 Å². The van der Waals surface area contributed by atoms with Crippen molar-refractivity contribution in [3.8, 4) is 0 Å². The summed E-state index contributed by atoms with van der Waals surface area (Å²) in [6.07, 6.45) is 0. The third kappa shape index (κ3) is 1.31. The van der Waals surface area contributed by atoms with Crippen molar-refractivity contribution in [1.82, 2.24) is 0 Å². The molecule has 1 N–H and O–H groups in total. The SMILES string of the molecule is CNc1c(C)c(C)cc(C)c1C. The number of aryl methyl sites for hydroxylation is 2. The molecule has 0 saturated carbocycles. The number of nitrogens with one attached hydrogen (secondary N) is 1. The molecule has 12 heavy (non-hydrogen) atoms. The second-order valence-corrected chi connectivity index (χ2v) is 3.39. The quantitative estimate of drug-likeness (QED) is 0.671. The minimum Gasteiger partial charge on any atom is -0.388 e. The van der Waals surface area contributed by atoms with Crippen molar-refractivity contribution in [3.63, 3.8) is 0 Å². The van der Waals surface area contributed by atoms with Gasteiger partial charge in [-0.2, -0.15) is 0 Å². The van der Waals surface area contributed by atoms with Crippen LogP contribution >= 0.6 is 0 Å². The van der Waals surface area contributed by atoms with E-state index < -0.39 is 0 Å². The van der Waals surface area contributed by atoms with E-state index in [9.17, 15) is 0 Å². The fourth-order valence-electron chi connectivity index (χ4n) is 1.59. The summed E-state index contributed by atoms with van der Waals surface area (Å²) in [5.41, 5.74) is 6.73. The molecule has 66 valence electrons. The first-order valence-electron chi connectivity index (χ1n) is 4.33. The van der Waals surface area contributed by atoms with Crippen molar-refractivity contribution in [2.45, 2.75) is 27.7 Å². The normalized spacial score (nSPS) is 10.1. The molecule has 0 fully saturated rings. The summed E-state index contributed by atoms with van der Waals surface area (Å²) in [7, 11) is 1.98. The molecule has 0 radical (unpaired) electrons. The number of rotatable bonds is 1. The highest BCUT2D eigenvalue weighted by atomic mass is 14.8. The van der Waals surface area contributed by atoms with Crippen LogP contribution in [0.15, 0.2) is 6.07 Å². The third-order valence-corrected chi connectivity index (χ3v) is 2.62. The first-order valence-corrected chi connectivity index (χ1v) is 4.33. The predicted octanol–water partition coefficient (Wildman–Crippen LogP) is 2.96. The van der Waals surface area contributed by atoms with Crippen molar-refractivity contribution >= 4 is 5.69 Å². The van der Waals surface area contributed by atoms with Crippen LogP contribution < -0.4 is 5.32 Å². The number of benzene rings is 1. The lowest BCUT2D eigenvalue weighted by Crippen LogP contribution is -1.99. The van der Waals surface area contributed by atoms with Gasteiger partial charge in [0.05, 0.1) is 0 Å². The Kier molecular flexibility index (Phi) is 2.41. The average molecular weight is 163 g/mol. The van der Waals surface area contributed by atoms with Crippen LogP contribution in [0.1, 0.15) is 22.3 Å². The van der Waals surface area contributed by atoms with E-state index in [1.165, 1.54) is 27.9 Å². The lowest BCUT2D eigenvalue weighted by molar-refractivity contribution is 1.23. The van der Waals surface area contributed by atoms with Gasteiger partial charge in [0.25, 0.3) is 0 Å². The molecule has 0 spiro atoms. The maximum atomic E-state index is 3.25. The first kappa shape index (κ1) is 9.11. The topological polar surface area (TPSA) is 12.0 Å². The van der Waals surface area contributed by atoms with E-state index in [1.807, 2.05) is 7.05 Å². The summed E-state index contributed by atoms with van der Waals surface area (Å²) in [6, 6.07) is 2.24. The van der Waals surface area contributed by atoms with Gasteiger partial charge in [-0.15, -0.1) is 0 Å². The van der Waals surface area contributed by atoms with E-state index in [0.29, 0.717) is 0 Å². The Labute approximate surface area is 74.8 Å². The molecular weight excluding hydrogens is 146 g/mol. The Hall–Kier alpha value is -0.980. The zero-order chi connectivity index (χ0) is 9.30. The van der Waals surface area contributed by atoms with E-state index in [-0.39, 0.29) is 0 Å². The van der Waals surface area contributed by atoms with Crippen molar-refractivity contribution in [2.24, 2.45) is 0 Å². The maximum absolute atomic E-state index is 3.25. The summed E-state index contributed by atoms with van der Waals surface area (Å²) >= 11 is 0. The Morgan fingerprint density at radius 1 is 0.917 bits per heavy atom. The van der Waals surface area contributed by atoms with E-state index >= 15 is 0 Å². The van der Waals surface area contributed by atoms with Crippen LogP contribution in [0, 0.1) is 27.7 Å². The molecule has 0 atom stereocenters. The minimum atomic E-state index is 1.28. The lowest BCUT2D eigenvalue weighted by Gasteiger charge is -2.14. The molecule has 1 rings (SSSR count). The molecule has 0 amide bonds. The van der Waals surface area contributed by atoms with Crippen LogP contribution in [-0.4, -0.2) is 7.05 Å². The van der Waals surface area contributed by atoms with Crippen molar-refractivity contribution in [1.29, 1.82) is 0 Å². The van der Waals surface area contributed by atoms with Gasteiger partial charge in [-0.25, -0.2) is 0 Å². The fourth-order valence-corrected chi connectivity index (χ4v) is 1.59. The molecule has 1 nitrogen and oxygen atoms in total. The smallest absolute Gasteiger partial charge is 0.0402 e. The van der Waals surface area contributed by atoms with Crippen LogP contribution in [0.3, 0.4) is 0 Å². The second kappa shape index (κ2) is 3.18. The maximum Gasteiger partial charge on any atom is 0.0402 e. The molecule has 1 aromatic rings. The van der Waals surface area contributed by atoms with Gasteiger partial charge in [0.1, 0.15) is 0 Å². The van der Waals surface area contributed by atoms with Crippen LogP contribution in [0.5, 0.6) is 0 Å². The molecule has 0 aliphatic rings. The predicted molar refractivity (Wildman–Crippen MR) is 54.9 cm³/mol. The summed E-state index contributed by atoms with van der Waals surface area (Å²) < 4.78 is 0. The van der Waals surface area contributed by atoms with E-state index in [2.05, 4.69) is 39.1 Å². The zero-order valence-electron chi connectivity index (χ0n) is 8.58. The van der Waals surface area contributed by atoms with Gasteiger partial charge in [-0.05, 0) is 49.9 Å². The molecule has 0 aliphatic heterocycles. The second-order valence-electron chi connectivity index (χ2n) is 3.39. The molecule has 0 aliphatic carbocycles. The van der Waals surface area contributed by atoms with E-state index in [0.717, 1.165) is 0 Å². The Morgan fingerprint density at radius 2 is 1.33 bits per heavy atom. The largest absolute Gasteiger partial charge is 0.388 e. The van der Waals surface area contributed by atoms with E-state index in [1.54, 1.807) is 0 Å². The molecular formula is C11H17N. The highest BCUT2D eigenvalue weighted by molar-refractivity contribution is 5.61. The third-order valence-electron chi connectivity index (χ3n) is 2.62. The van der Waals surface area contributed by atoms with Crippen molar-refractivity contribution < 1.29 is 0 Å². The summed E-state index contributed by atoms with van der Waals surface area (Å²) in [5.74, 6) is 0. The molecule has 0 bridgehead atoms. The molecule has 0 aromatic heterocycles. The monoisotopic (exact) mass is 163 g/mol. The van der Waals surface area contributed by atoms with Gasteiger partial charge in [0.2, 0.25) is 0 Å². The van der Waals surface area contributed by atoms with Crippen molar-refractivity contribution in [3.05, 3.63) is 28.3 Å². The minimum absolute atomic E-state index is 1.28. The van der Waals surface area contributed by atoms with Crippen LogP contribution in [0.4, 0.5) is 5.69 Å². The van der Waals surface area contributed by atoms with Gasteiger partial charge in [-0.3, -0.25) is 0 Å². The van der Waals surface area contributed by atoms with Crippen LogP contribution in [0.25, 0.3) is 0 Å². The highest BCUT2D eigenvalue weighted by Gasteiger charge is 2.05. The summed E-state index contributed by atoms with van der Waals surface area (Å²) in [5, 5.41) is 3.25. The van der Waals surface area contributed by atoms with E-state index in [4.69, 9.17) is 0 Å². The Balaban J connectivity index is 3.42. The molecule has 0 saturated heterocycles. The summed E-state index contributed by atoms with van der Waals surface area (Å²) in [6.45, 7) is 8.63. The Bertz CT molecular complexity index is 274. The standard InChI is InChI=1S/C11H17N/c1-7-6-8(2)10(4)11(12-5)9(7)3/h6,12H,1-5H3. The molecule has 1 aromatic carbocycles. The fraction of sp³-hybridized carbons (Fsp3) is 0.455. The molecule has 0 heterocycles. The zero-order valence-corrected chi connectivity index (χ0v) is 8.58. The highest BCUT2D eigenvalue weighted by Crippen LogP contribution is 2.25. The van der Waals surface area contributed by atoms with Crippen LogP contribution in [-0.2, 0) is 0 Å². The van der Waals surface area contributed by atoms with Gasteiger partial charge >= 0.3 is 0 Å². The van der Waals surface area contributed by atoms with Gasteiger partial charge in [-0.1, -0.05) is 6.07 Å². The molecule has 0 unspecified atom stereocenters. The Morgan fingerprint density at radius 3 is 1.67 bits per heavy atom. The van der Waals surface area contributed by atoms with Gasteiger partial charge in [0, 0.05) is 12.7 Å². The van der Waals surface area contributed by atoms with Gasteiger partial charge < -0.3 is 5.32 Å². The summed E-state index contributed by atoms with van der Waals surface area (Å²) in [4.78, 5) is 0. The lowest BCUT2D eigenvalue weighted by atomic mass is 9.99. The van der Waals surface area contributed by atoms with Crippen LogP contribution in [0.2, 0.25) is 0 Å². The number of hydrogen-bond acceptors (Lipinski definition) is 1. The number of anilines is 1. The molecule has 1 heteroatoms. The average Bonchev–Trinajstić information content (AvgIpc) is 2.02. The van der Waals surface area contributed by atoms with Gasteiger partial charge in [0.15, 0.2) is 0 Å². The first-order chi connectivity index (χ1) is 5.57.